The van der Waals surface area contributed by atoms with E-state index in [1.165, 1.54) is 0 Å². The van der Waals surface area contributed by atoms with Crippen molar-refractivity contribution >= 4 is 42.4 Å². The molecule has 27 heavy (non-hydrogen) atoms. The molecule has 0 bridgehead atoms. The molecule has 0 spiro atoms. The van der Waals surface area contributed by atoms with Crippen molar-refractivity contribution in [3.8, 4) is 0 Å². The highest BCUT2D eigenvalue weighted by Crippen LogP contribution is 2.15. The Labute approximate surface area is 169 Å². The Morgan fingerprint density at radius 3 is 2.63 bits per heavy atom. The van der Waals surface area contributed by atoms with Gasteiger partial charge in [0.2, 0.25) is 5.91 Å². The molecule has 2 aromatic rings. The molecule has 1 aliphatic heterocycles. The van der Waals surface area contributed by atoms with Crippen molar-refractivity contribution in [2.24, 2.45) is 0 Å². The van der Waals surface area contributed by atoms with Crippen LogP contribution in [0, 0.1) is 0 Å². The summed E-state index contributed by atoms with van der Waals surface area (Å²) in [7, 11) is 0. The van der Waals surface area contributed by atoms with E-state index in [4.69, 9.17) is 4.74 Å². The Morgan fingerprint density at radius 2 is 2.00 bits per heavy atom. The summed E-state index contributed by atoms with van der Waals surface area (Å²) in [5.41, 5.74) is 0.709. The molecule has 8 nitrogen and oxygen atoms in total. The van der Waals surface area contributed by atoms with Crippen molar-refractivity contribution < 1.29 is 14.3 Å². The Hall–Kier alpha value is -2.13. The third-order valence-electron chi connectivity index (χ3n) is 3.89. The molecular weight excluding hydrogens is 393 g/mol. The minimum atomic E-state index is -0.790. The van der Waals surface area contributed by atoms with Crippen molar-refractivity contribution in [1.29, 1.82) is 0 Å². The van der Waals surface area contributed by atoms with Crippen LogP contribution in [0.3, 0.4) is 0 Å². The lowest BCUT2D eigenvalue weighted by molar-refractivity contribution is -0.127. The lowest BCUT2D eigenvalue weighted by atomic mass is 10.1. The first-order valence-electron chi connectivity index (χ1n) is 8.18. The highest BCUT2D eigenvalue weighted by Gasteiger charge is 2.25. The molecule has 0 saturated carbocycles. The molecule has 3 rings (SSSR count). The number of anilines is 1. The fourth-order valence-electron chi connectivity index (χ4n) is 2.67. The van der Waals surface area contributed by atoms with Crippen LogP contribution in [0.5, 0.6) is 0 Å². The van der Waals surface area contributed by atoms with Crippen LogP contribution < -0.4 is 16.0 Å². The normalized spacial score (nSPS) is 17.0. The number of carbonyl (C=O) groups excluding carboxylic acids is 2. The van der Waals surface area contributed by atoms with Crippen molar-refractivity contribution in [1.82, 2.24) is 20.8 Å². The molecule has 1 saturated heterocycles. The fraction of sp³-hybridized carbons (Fsp3) is 0.353. The Bertz CT molecular complexity index is 694. The van der Waals surface area contributed by atoms with Gasteiger partial charge in [0.15, 0.2) is 0 Å². The smallest absolute Gasteiger partial charge is 0.252 e. The number of benzene rings is 1. The van der Waals surface area contributed by atoms with E-state index in [-0.39, 0.29) is 49.1 Å². The average molecular weight is 416 g/mol. The van der Waals surface area contributed by atoms with Gasteiger partial charge >= 0.3 is 0 Å². The van der Waals surface area contributed by atoms with E-state index >= 15 is 0 Å². The number of amides is 2. The zero-order chi connectivity index (χ0) is 17.5. The van der Waals surface area contributed by atoms with Crippen LogP contribution in [-0.4, -0.2) is 47.8 Å². The second-order valence-electron chi connectivity index (χ2n) is 5.80. The Kier molecular flexibility index (Phi) is 9.81. The molecule has 2 unspecified atom stereocenters. The molecule has 1 aliphatic rings. The van der Waals surface area contributed by atoms with Gasteiger partial charge in [-0.1, -0.05) is 30.3 Å². The number of carbonyl (C=O) groups is 2. The molecular formula is C17H23Cl2N5O3. The minimum Gasteiger partial charge on any atom is -0.378 e. The van der Waals surface area contributed by atoms with E-state index in [0.29, 0.717) is 24.6 Å². The van der Waals surface area contributed by atoms with Crippen molar-refractivity contribution in [3.05, 3.63) is 48.2 Å². The number of ether oxygens (including phenoxy) is 1. The van der Waals surface area contributed by atoms with Crippen LogP contribution in [0.15, 0.2) is 42.6 Å². The van der Waals surface area contributed by atoms with Crippen LogP contribution >= 0.6 is 24.8 Å². The van der Waals surface area contributed by atoms with Crippen LogP contribution in [-0.2, 0) is 14.3 Å². The number of H-pyrrole nitrogens is 1. The van der Waals surface area contributed by atoms with Gasteiger partial charge in [-0.3, -0.25) is 14.7 Å². The molecule has 1 aromatic heterocycles. The van der Waals surface area contributed by atoms with Gasteiger partial charge in [-0.05, 0) is 5.56 Å². The van der Waals surface area contributed by atoms with Gasteiger partial charge in [0.05, 0.1) is 19.4 Å². The number of hydrogen-bond acceptors (Lipinski definition) is 5. The average Bonchev–Trinajstić information content (AvgIpc) is 3.14. The summed E-state index contributed by atoms with van der Waals surface area (Å²) in [5.74, 6) is -0.0733. The topological polar surface area (TPSA) is 108 Å². The van der Waals surface area contributed by atoms with E-state index in [2.05, 4.69) is 26.1 Å². The molecule has 10 heteroatoms. The van der Waals surface area contributed by atoms with Gasteiger partial charge < -0.3 is 20.7 Å². The molecule has 148 valence electrons. The number of rotatable bonds is 6. The monoisotopic (exact) mass is 415 g/mol. The summed E-state index contributed by atoms with van der Waals surface area (Å²) in [6.45, 7) is 1.86. The van der Waals surface area contributed by atoms with Gasteiger partial charge in [0.25, 0.3) is 5.91 Å². The first kappa shape index (κ1) is 22.9. The third-order valence-corrected chi connectivity index (χ3v) is 3.89. The Balaban J connectivity index is 0.00000182. The maximum Gasteiger partial charge on any atom is 0.252 e. The fourth-order valence-corrected chi connectivity index (χ4v) is 2.67. The van der Waals surface area contributed by atoms with E-state index in [9.17, 15) is 9.59 Å². The zero-order valence-corrected chi connectivity index (χ0v) is 16.1. The molecule has 4 N–H and O–H groups in total. The van der Waals surface area contributed by atoms with E-state index < -0.39 is 6.04 Å². The molecule has 2 atom stereocenters. The zero-order valence-electron chi connectivity index (χ0n) is 14.5. The molecule has 2 heterocycles. The number of halogens is 2. The molecule has 0 radical (unpaired) electrons. The van der Waals surface area contributed by atoms with Crippen LogP contribution in [0.4, 0.5) is 5.82 Å². The van der Waals surface area contributed by atoms with Crippen LogP contribution in [0.25, 0.3) is 0 Å². The van der Waals surface area contributed by atoms with Gasteiger partial charge in [0.1, 0.15) is 11.9 Å². The summed E-state index contributed by atoms with van der Waals surface area (Å²) in [6, 6.07) is 9.94. The number of aromatic amines is 1. The molecule has 2 amide bonds. The summed E-state index contributed by atoms with van der Waals surface area (Å²) < 4.78 is 5.36. The van der Waals surface area contributed by atoms with Crippen molar-refractivity contribution in [2.75, 3.05) is 25.1 Å². The highest BCUT2D eigenvalue weighted by molar-refractivity contribution is 5.97. The van der Waals surface area contributed by atoms with Gasteiger partial charge in [-0.15, -0.1) is 24.8 Å². The molecule has 1 fully saturated rings. The summed E-state index contributed by atoms with van der Waals surface area (Å²) >= 11 is 0. The van der Waals surface area contributed by atoms with Crippen LogP contribution in [0.1, 0.15) is 18.0 Å². The van der Waals surface area contributed by atoms with Crippen LogP contribution in [0.2, 0.25) is 0 Å². The lowest BCUT2D eigenvalue weighted by Gasteiger charge is -2.24. The number of aromatic nitrogens is 2. The summed E-state index contributed by atoms with van der Waals surface area (Å²) in [4.78, 5) is 25.0. The molecule has 0 aliphatic carbocycles. The maximum atomic E-state index is 12.6. The maximum absolute atomic E-state index is 12.6. The van der Waals surface area contributed by atoms with Gasteiger partial charge in [0, 0.05) is 25.1 Å². The minimum absolute atomic E-state index is 0. The standard InChI is InChI=1S/C17H21N5O3.2ClH/c23-15(10-13-11-25-9-8-18-13)21-16(12-4-2-1-3-5-12)17(24)20-14-6-7-19-22-14;;/h1-7,13,16,18H,8-11H2,(H,21,23)(H2,19,20,22,24);2*1H. The summed E-state index contributed by atoms with van der Waals surface area (Å²) in [6.07, 6.45) is 1.79. The largest absolute Gasteiger partial charge is 0.378 e. The predicted octanol–water partition coefficient (Wildman–Crippen LogP) is 1.43. The number of nitrogens with one attached hydrogen (secondary N) is 4. The summed E-state index contributed by atoms with van der Waals surface area (Å²) in [5, 5.41) is 15.2. The van der Waals surface area contributed by atoms with Gasteiger partial charge in [-0.25, -0.2) is 0 Å². The SMILES string of the molecule is Cl.Cl.O=C(CC1COCCN1)NC(C(=O)Nc1ccn[nH]1)c1ccccc1. The van der Waals surface area contributed by atoms with Crippen molar-refractivity contribution in [2.45, 2.75) is 18.5 Å². The third kappa shape index (κ3) is 6.84. The lowest BCUT2D eigenvalue weighted by Crippen LogP contribution is -2.45. The van der Waals surface area contributed by atoms with E-state index in [1.54, 1.807) is 24.4 Å². The number of hydrogen-bond donors (Lipinski definition) is 4. The quantitative estimate of drug-likeness (QED) is 0.570. The Morgan fingerprint density at radius 1 is 1.22 bits per heavy atom. The van der Waals surface area contributed by atoms with E-state index in [1.807, 2.05) is 18.2 Å². The second kappa shape index (κ2) is 11.6. The first-order valence-corrected chi connectivity index (χ1v) is 8.18. The first-order chi connectivity index (χ1) is 12.2. The number of nitrogens with zero attached hydrogens (tertiary/aromatic N) is 1. The second-order valence-corrected chi connectivity index (χ2v) is 5.80. The predicted molar refractivity (Wildman–Crippen MR) is 106 cm³/mol. The van der Waals surface area contributed by atoms with Crippen molar-refractivity contribution in [3.63, 3.8) is 0 Å². The highest BCUT2D eigenvalue weighted by atomic mass is 35.5. The number of morpholine rings is 1. The van der Waals surface area contributed by atoms with E-state index in [0.717, 1.165) is 6.54 Å². The molecule has 1 aromatic carbocycles. The van der Waals surface area contributed by atoms with Gasteiger partial charge in [-0.2, -0.15) is 5.10 Å².